The van der Waals surface area contributed by atoms with Crippen LogP contribution in [0.3, 0.4) is 0 Å². The van der Waals surface area contributed by atoms with E-state index in [2.05, 4.69) is 0 Å². The van der Waals surface area contributed by atoms with Crippen molar-refractivity contribution in [1.82, 2.24) is 0 Å². The molecule has 0 bridgehead atoms. The summed E-state index contributed by atoms with van der Waals surface area (Å²) in [4.78, 5) is 8.36. The first-order valence-corrected chi connectivity index (χ1v) is 0.565. The van der Waals surface area contributed by atoms with Crippen LogP contribution >= 0.6 is 0 Å². The minimum Gasteiger partial charge on any atom is -0.412 e. The molecule has 13 N–H and O–H groups in total. The maximum Gasteiger partial charge on any atom is 0.291 e. The SMILES string of the molecule is O.O.O.O.O.O.O=[N+]([O-])O.[Cd]. The summed E-state index contributed by atoms with van der Waals surface area (Å²) in [5.41, 5.74) is 0. The van der Waals surface area contributed by atoms with Crippen LogP contribution in [0.2, 0.25) is 0 Å². The fourth-order valence-corrected chi connectivity index (χ4v) is 0. The Labute approximate surface area is 80.9 Å². The van der Waals surface area contributed by atoms with E-state index in [0.717, 1.165) is 0 Å². The average molecular weight is 284 g/mol. The van der Waals surface area contributed by atoms with Crippen molar-refractivity contribution in [3.63, 3.8) is 0 Å². The van der Waals surface area contributed by atoms with Gasteiger partial charge in [-0.25, -0.2) is 0 Å². The Hall–Kier alpha value is -0.118. The maximum absolute atomic E-state index is 8.36. The van der Waals surface area contributed by atoms with Gasteiger partial charge in [0, 0.05) is 27.3 Å². The standard InChI is InChI=1S/Cd.HNO3.6H2O/c;2-1(3)4;;;;;;/h;(H,2,3,4);6*1H2. The molecule has 74 valence electrons. The first-order chi connectivity index (χ1) is 1.73. The van der Waals surface area contributed by atoms with Gasteiger partial charge in [-0.2, -0.15) is 0 Å². The van der Waals surface area contributed by atoms with Crippen molar-refractivity contribution < 1.29 is 70.4 Å². The molecule has 0 aliphatic heterocycles. The Bertz CT molecular complexity index is 32.5. The molecule has 10 nitrogen and oxygen atoms in total. The van der Waals surface area contributed by atoms with Crippen LogP contribution in [0.25, 0.3) is 0 Å². The van der Waals surface area contributed by atoms with Crippen molar-refractivity contribution >= 4 is 0 Å². The van der Waals surface area contributed by atoms with E-state index in [1.54, 1.807) is 0 Å². The summed E-state index contributed by atoms with van der Waals surface area (Å²) in [6, 6.07) is 0. The molecule has 0 aromatic rings. The van der Waals surface area contributed by atoms with E-state index < -0.39 is 5.09 Å². The number of hydrogen-bond acceptors (Lipinski definition) is 2. The van der Waals surface area contributed by atoms with Crippen molar-refractivity contribution in [2.45, 2.75) is 0 Å². The zero-order valence-electron chi connectivity index (χ0n) is 5.42. The molecule has 0 spiro atoms. The van der Waals surface area contributed by atoms with E-state index in [4.69, 9.17) is 15.3 Å². The largest absolute Gasteiger partial charge is 0.412 e. The van der Waals surface area contributed by atoms with E-state index in [0.29, 0.717) is 0 Å². The molecular formula is H13CdNO9. The quantitative estimate of drug-likeness (QED) is 0.259. The van der Waals surface area contributed by atoms with Crippen LogP contribution in [0.15, 0.2) is 0 Å². The molecule has 0 atom stereocenters. The summed E-state index contributed by atoms with van der Waals surface area (Å²) < 4.78 is 0. The molecule has 0 saturated carbocycles. The Kier molecular flexibility index (Phi) is 1090. The molecule has 11 heteroatoms. The van der Waals surface area contributed by atoms with E-state index in [1.165, 1.54) is 0 Å². The Morgan fingerprint density at radius 2 is 0.909 bits per heavy atom. The first kappa shape index (κ1) is 128. The molecule has 0 aliphatic carbocycles. The van der Waals surface area contributed by atoms with Gasteiger partial charge in [-0.1, -0.05) is 0 Å². The zero-order valence-corrected chi connectivity index (χ0v) is 9.45. The third-order valence-corrected chi connectivity index (χ3v) is 0. The van der Waals surface area contributed by atoms with Crippen molar-refractivity contribution in [2.75, 3.05) is 0 Å². The van der Waals surface area contributed by atoms with Gasteiger partial charge in [0.1, 0.15) is 0 Å². The Balaban J connectivity index is -0.00000000214. The van der Waals surface area contributed by atoms with Crippen molar-refractivity contribution in [3.8, 4) is 0 Å². The summed E-state index contributed by atoms with van der Waals surface area (Å²) in [6.07, 6.45) is 0. The molecule has 0 unspecified atom stereocenters. The van der Waals surface area contributed by atoms with Gasteiger partial charge in [0.15, 0.2) is 0 Å². The topological polar surface area (TPSA) is 252 Å². The molecule has 0 aromatic heterocycles. The Morgan fingerprint density at radius 1 is 0.909 bits per heavy atom. The summed E-state index contributed by atoms with van der Waals surface area (Å²) >= 11 is 0. The van der Waals surface area contributed by atoms with Gasteiger partial charge in [0.2, 0.25) is 0 Å². The van der Waals surface area contributed by atoms with Crippen LogP contribution in [0.5, 0.6) is 0 Å². The van der Waals surface area contributed by atoms with Crippen LogP contribution in [-0.4, -0.2) is 43.2 Å². The number of nitrogens with zero attached hydrogens (tertiary/aromatic N) is 1. The van der Waals surface area contributed by atoms with Crippen molar-refractivity contribution in [1.29, 1.82) is 0 Å². The van der Waals surface area contributed by atoms with Gasteiger partial charge >= 0.3 is 0 Å². The van der Waals surface area contributed by atoms with E-state index in [9.17, 15) is 0 Å². The number of rotatable bonds is 0. The summed E-state index contributed by atoms with van der Waals surface area (Å²) in [5.74, 6) is 0. The number of hydrogen-bond donors (Lipinski definition) is 1. The zero-order chi connectivity index (χ0) is 3.58. The molecule has 0 saturated heterocycles. The molecular weight excluding hydrogens is 270 g/mol. The maximum atomic E-state index is 8.36. The summed E-state index contributed by atoms with van der Waals surface area (Å²) in [5, 5.41) is 13.6. The first-order valence-electron chi connectivity index (χ1n) is 0.565. The van der Waals surface area contributed by atoms with Crippen LogP contribution in [0, 0.1) is 10.1 Å². The summed E-state index contributed by atoms with van der Waals surface area (Å²) in [6.45, 7) is 0. The molecule has 0 amide bonds. The fraction of sp³-hybridized carbons (Fsp3) is 0. The normalized spacial score (nSPS) is 2.18. The average Bonchev–Trinajstić information content (AvgIpc) is 0.811. The van der Waals surface area contributed by atoms with Crippen molar-refractivity contribution in [2.24, 2.45) is 0 Å². The van der Waals surface area contributed by atoms with Crippen molar-refractivity contribution in [3.05, 3.63) is 10.1 Å². The van der Waals surface area contributed by atoms with Crippen LogP contribution in [0.4, 0.5) is 0 Å². The minimum absolute atomic E-state index is 0. The molecule has 0 radical (unpaired) electrons. The Morgan fingerprint density at radius 3 is 0.909 bits per heavy atom. The van der Waals surface area contributed by atoms with Gasteiger partial charge in [-0.05, 0) is 0 Å². The monoisotopic (exact) mass is 285 g/mol. The minimum atomic E-state index is -1.50. The van der Waals surface area contributed by atoms with Crippen LogP contribution in [0.1, 0.15) is 0 Å². The molecule has 0 aliphatic rings. The molecule has 0 rings (SSSR count). The van der Waals surface area contributed by atoms with E-state index in [1.807, 2.05) is 0 Å². The van der Waals surface area contributed by atoms with E-state index >= 15 is 0 Å². The molecule has 0 fully saturated rings. The van der Waals surface area contributed by atoms with Crippen LogP contribution in [-0.2, 0) is 27.3 Å². The van der Waals surface area contributed by atoms with Gasteiger partial charge in [0.25, 0.3) is 5.09 Å². The van der Waals surface area contributed by atoms with Gasteiger partial charge in [0.05, 0.1) is 0 Å². The fourth-order valence-electron chi connectivity index (χ4n) is 0. The third-order valence-electron chi connectivity index (χ3n) is 0. The second-order valence-electron chi connectivity index (χ2n) is 0.238. The molecule has 0 heterocycles. The third kappa shape index (κ3) is 44200. The van der Waals surface area contributed by atoms with E-state index in [-0.39, 0.29) is 60.2 Å². The molecule has 0 aromatic carbocycles. The van der Waals surface area contributed by atoms with Crippen LogP contribution < -0.4 is 0 Å². The predicted molar refractivity (Wildman–Crippen MR) is 30.5 cm³/mol. The van der Waals surface area contributed by atoms with Gasteiger partial charge < -0.3 is 38.1 Å². The second kappa shape index (κ2) is 93.9. The summed E-state index contributed by atoms with van der Waals surface area (Å²) in [7, 11) is 0. The van der Waals surface area contributed by atoms with Gasteiger partial charge in [-0.15, -0.1) is 10.1 Å². The van der Waals surface area contributed by atoms with Gasteiger partial charge in [-0.3, -0.25) is 0 Å². The second-order valence-corrected chi connectivity index (χ2v) is 0.238. The smallest absolute Gasteiger partial charge is 0.291 e. The predicted octanol–water partition coefficient (Wildman–Crippen LogP) is -5.30. The molecule has 11 heavy (non-hydrogen) atoms.